The van der Waals surface area contributed by atoms with Crippen molar-refractivity contribution in [2.75, 3.05) is 6.61 Å². The molecule has 0 unspecified atom stereocenters. The number of non-ortho nitro benzene ring substituents is 1. The van der Waals surface area contributed by atoms with Gasteiger partial charge in [0.1, 0.15) is 10.6 Å². The van der Waals surface area contributed by atoms with Crippen LogP contribution >= 0.6 is 10.7 Å². The zero-order valence-electron chi connectivity index (χ0n) is 10.8. The third-order valence-corrected chi connectivity index (χ3v) is 4.71. The lowest BCUT2D eigenvalue weighted by molar-refractivity contribution is -0.385. The van der Waals surface area contributed by atoms with Crippen LogP contribution in [0.25, 0.3) is 0 Å². The van der Waals surface area contributed by atoms with Gasteiger partial charge in [-0.15, -0.1) is 0 Å². The molecule has 0 spiro atoms. The van der Waals surface area contributed by atoms with Gasteiger partial charge < -0.3 is 4.74 Å². The van der Waals surface area contributed by atoms with Crippen molar-refractivity contribution in [3.8, 4) is 5.75 Å². The first-order valence-electron chi connectivity index (χ1n) is 6.15. The van der Waals surface area contributed by atoms with Crippen molar-refractivity contribution in [3.05, 3.63) is 27.8 Å². The van der Waals surface area contributed by atoms with Crippen molar-refractivity contribution in [1.82, 2.24) is 0 Å². The first-order valence-corrected chi connectivity index (χ1v) is 8.46. The summed E-state index contributed by atoms with van der Waals surface area (Å²) in [5, 5.41) is 10.8. The molecule has 0 atom stereocenters. The summed E-state index contributed by atoms with van der Waals surface area (Å²) in [5.41, 5.74) is 0.0652. The molecule has 1 aromatic rings. The van der Waals surface area contributed by atoms with Crippen LogP contribution in [0, 0.1) is 23.0 Å². The molecule has 0 amide bonds. The van der Waals surface area contributed by atoms with E-state index in [0.29, 0.717) is 18.1 Å². The highest BCUT2D eigenvalue weighted by Crippen LogP contribution is 2.36. The second-order valence-corrected chi connectivity index (χ2v) is 7.43. The average molecular weight is 320 g/mol. The molecule has 0 saturated heterocycles. The molecule has 0 aliphatic heterocycles. The number of benzene rings is 1. The Kier molecular flexibility index (Phi) is 4.19. The van der Waals surface area contributed by atoms with Crippen LogP contribution in [0.4, 0.5) is 5.69 Å². The Bertz CT molecular complexity index is 639. The van der Waals surface area contributed by atoms with Crippen molar-refractivity contribution < 1.29 is 18.1 Å². The summed E-state index contributed by atoms with van der Waals surface area (Å²) in [5.74, 6) is 0.521. The Morgan fingerprint density at radius 1 is 1.45 bits per heavy atom. The van der Waals surface area contributed by atoms with E-state index in [4.69, 9.17) is 15.4 Å². The monoisotopic (exact) mass is 319 g/mol. The fourth-order valence-corrected chi connectivity index (χ4v) is 3.10. The third-order valence-electron chi connectivity index (χ3n) is 3.39. The molecule has 0 aromatic heterocycles. The molecular weight excluding hydrogens is 306 g/mol. The van der Waals surface area contributed by atoms with E-state index in [0.717, 1.165) is 25.3 Å². The molecular formula is C12H14ClNO5S. The quantitative estimate of drug-likeness (QED) is 0.473. The van der Waals surface area contributed by atoms with Gasteiger partial charge >= 0.3 is 0 Å². The van der Waals surface area contributed by atoms with E-state index in [2.05, 4.69) is 0 Å². The van der Waals surface area contributed by atoms with Gasteiger partial charge in [0, 0.05) is 22.8 Å². The maximum absolute atomic E-state index is 11.6. The minimum absolute atomic E-state index is 0.109. The minimum atomic E-state index is -4.11. The molecule has 2 rings (SSSR count). The lowest BCUT2D eigenvalue weighted by Gasteiger charge is -2.25. The maximum atomic E-state index is 11.6. The van der Waals surface area contributed by atoms with E-state index in [1.165, 1.54) is 6.07 Å². The molecule has 0 heterocycles. The van der Waals surface area contributed by atoms with Crippen LogP contribution in [0.1, 0.15) is 24.8 Å². The van der Waals surface area contributed by atoms with Gasteiger partial charge in [0.05, 0.1) is 11.5 Å². The van der Waals surface area contributed by atoms with Crippen LogP contribution in [0.2, 0.25) is 0 Å². The molecule has 1 saturated carbocycles. The number of nitro benzene ring substituents is 1. The van der Waals surface area contributed by atoms with Crippen molar-refractivity contribution in [2.45, 2.75) is 31.1 Å². The number of rotatable bonds is 5. The van der Waals surface area contributed by atoms with E-state index in [9.17, 15) is 18.5 Å². The number of halogens is 1. The van der Waals surface area contributed by atoms with E-state index in [1.54, 1.807) is 6.92 Å². The Morgan fingerprint density at radius 3 is 2.55 bits per heavy atom. The molecule has 0 bridgehead atoms. The molecule has 110 valence electrons. The fraction of sp³-hybridized carbons (Fsp3) is 0.500. The van der Waals surface area contributed by atoms with Crippen molar-refractivity contribution in [2.24, 2.45) is 5.92 Å². The lowest BCUT2D eigenvalue weighted by atomic mass is 9.86. The van der Waals surface area contributed by atoms with E-state index >= 15 is 0 Å². The SMILES string of the molecule is Cc1cc([N+](=O)[O-])cc(S(=O)(=O)Cl)c1OCC1CCC1. The van der Waals surface area contributed by atoms with Crippen LogP contribution in [0.3, 0.4) is 0 Å². The topological polar surface area (TPSA) is 86.5 Å². The third kappa shape index (κ3) is 3.21. The zero-order chi connectivity index (χ0) is 14.9. The number of nitrogens with zero attached hydrogens (tertiary/aromatic N) is 1. The van der Waals surface area contributed by atoms with Gasteiger partial charge in [-0.3, -0.25) is 10.1 Å². The van der Waals surface area contributed by atoms with Gasteiger partial charge in [-0.2, -0.15) is 0 Å². The fourth-order valence-electron chi connectivity index (χ4n) is 2.06. The highest BCUT2D eigenvalue weighted by Gasteiger charge is 2.25. The van der Waals surface area contributed by atoms with Crippen LogP contribution in [-0.4, -0.2) is 19.9 Å². The van der Waals surface area contributed by atoms with Gasteiger partial charge in [-0.05, 0) is 31.2 Å². The van der Waals surface area contributed by atoms with Gasteiger partial charge in [-0.25, -0.2) is 8.42 Å². The van der Waals surface area contributed by atoms with Crippen molar-refractivity contribution in [1.29, 1.82) is 0 Å². The van der Waals surface area contributed by atoms with Crippen LogP contribution in [0.5, 0.6) is 5.75 Å². The minimum Gasteiger partial charge on any atom is -0.492 e. The molecule has 1 fully saturated rings. The molecule has 0 N–H and O–H groups in total. The number of nitro groups is 1. The Labute approximate surface area is 121 Å². The Hall–Kier alpha value is -1.34. The van der Waals surface area contributed by atoms with E-state index in [-0.39, 0.29) is 16.3 Å². The summed E-state index contributed by atoms with van der Waals surface area (Å²) >= 11 is 0. The highest BCUT2D eigenvalue weighted by molar-refractivity contribution is 8.13. The van der Waals surface area contributed by atoms with Crippen LogP contribution in [-0.2, 0) is 9.05 Å². The smallest absolute Gasteiger partial charge is 0.271 e. The summed E-state index contributed by atoms with van der Waals surface area (Å²) in [6.07, 6.45) is 3.25. The standard InChI is InChI=1S/C12H14ClNO5S/c1-8-5-10(14(15)16)6-11(20(13,17)18)12(8)19-7-9-3-2-4-9/h5-6,9H,2-4,7H2,1H3. The number of ether oxygens (including phenoxy) is 1. The normalized spacial score (nSPS) is 15.7. The van der Waals surface area contributed by atoms with Gasteiger partial charge in [0.25, 0.3) is 14.7 Å². The van der Waals surface area contributed by atoms with E-state index < -0.39 is 14.0 Å². The number of aryl methyl sites for hydroxylation is 1. The first-order chi connectivity index (χ1) is 9.29. The zero-order valence-corrected chi connectivity index (χ0v) is 12.4. The molecule has 20 heavy (non-hydrogen) atoms. The largest absolute Gasteiger partial charge is 0.492 e. The second kappa shape index (κ2) is 5.57. The van der Waals surface area contributed by atoms with Gasteiger partial charge in [0.15, 0.2) is 0 Å². The molecule has 1 aliphatic carbocycles. The first kappa shape index (κ1) is 15.1. The maximum Gasteiger partial charge on any atom is 0.271 e. The van der Waals surface area contributed by atoms with Gasteiger partial charge in [-0.1, -0.05) is 6.42 Å². The lowest BCUT2D eigenvalue weighted by Crippen LogP contribution is -2.20. The summed E-state index contributed by atoms with van der Waals surface area (Å²) < 4.78 is 28.7. The number of hydrogen-bond acceptors (Lipinski definition) is 5. The second-order valence-electron chi connectivity index (χ2n) is 4.89. The Morgan fingerprint density at radius 2 is 2.10 bits per heavy atom. The van der Waals surface area contributed by atoms with Crippen molar-refractivity contribution >= 4 is 25.4 Å². The predicted octanol–water partition coefficient (Wildman–Crippen LogP) is 3.01. The summed E-state index contributed by atoms with van der Waals surface area (Å²) in [4.78, 5) is 9.79. The molecule has 1 aliphatic rings. The highest BCUT2D eigenvalue weighted by atomic mass is 35.7. The molecule has 8 heteroatoms. The summed E-state index contributed by atoms with van der Waals surface area (Å²) in [7, 11) is 1.24. The molecule has 1 aromatic carbocycles. The van der Waals surface area contributed by atoms with E-state index in [1.807, 2.05) is 0 Å². The number of hydrogen-bond donors (Lipinski definition) is 0. The van der Waals surface area contributed by atoms with Crippen LogP contribution < -0.4 is 4.74 Å². The van der Waals surface area contributed by atoms with Crippen molar-refractivity contribution in [3.63, 3.8) is 0 Å². The molecule has 6 nitrogen and oxygen atoms in total. The Balaban J connectivity index is 2.39. The van der Waals surface area contributed by atoms with Gasteiger partial charge in [0.2, 0.25) is 0 Å². The predicted molar refractivity (Wildman–Crippen MR) is 73.7 cm³/mol. The molecule has 0 radical (unpaired) electrons. The summed E-state index contributed by atoms with van der Waals surface area (Å²) in [6, 6.07) is 2.22. The average Bonchev–Trinajstić information content (AvgIpc) is 2.26. The summed E-state index contributed by atoms with van der Waals surface area (Å²) in [6.45, 7) is 1.97. The van der Waals surface area contributed by atoms with Crippen LogP contribution in [0.15, 0.2) is 17.0 Å².